The molecule has 9 heteroatoms. The quantitative estimate of drug-likeness (QED) is 0.161. The van der Waals surface area contributed by atoms with E-state index in [1.165, 1.54) is 28.7 Å². The molecular formula is C26H29N5O2S2. The van der Waals surface area contributed by atoms with Crippen molar-refractivity contribution in [3.05, 3.63) is 70.9 Å². The first-order valence-corrected chi connectivity index (χ1v) is 13.4. The highest BCUT2D eigenvalue weighted by Gasteiger charge is 2.09. The number of fused-ring (bicyclic) bond motifs is 1. The highest BCUT2D eigenvalue weighted by Crippen LogP contribution is 2.23. The SMILES string of the molecule is CC[C@@H](C)c1ccc(OCCn2cc(/C=N\NC(=O)CSc3nnc(C)s3)c3ccccc32)cc1. The Bertz CT molecular complexity index is 1300. The molecule has 0 saturated heterocycles. The standard InChI is InChI=1S/C26H29N5O2S2/c1-4-18(2)20-9-11-22(12-10-20)33-14-13-31-16-21(23-7-5-6-8-24(23)31)15-27-29-25(32)17-34-26-30-28-19(3)35-26/h5-12,15-16,18H,4,13-14,17H2,1-3H3,(H,29,32)/b27-15-/t18-/m1/s1. The van der Waals surface area contributed by atoms with Gasteiger partial charge in [-0.3, -0.25) is 4.79 Å². The third kappa shape index (κ3) is 6.70. The van der Waals surface area contributed by atoms with Crippen LogP contribution in [0, 0.1) is 6.92 Å². The minimum Gasteiger partial charge on any atom is -0.492 e. The molecule has 0 bridgehead atoms. The van der Waals surface area contributed by atoms with E-state index in [0.717, 1.165) is 38.0 Å². The van der Waals surface area contributed by atoms with E-state index >= 15 is 0 Å². The van der Waals surface area contributed by atoms with Crippen LogP contribution < -0.4 is 10.2 Å². The first-order chi connectivity index (χ1) is 17.0. The van der Waals surface area contributed by atoms with Crippen molar-refractivity contribution in [3.63, 3.8) is 0 Å². The predicted molar refractivity (Wildman–Crippen MR) is 144 cm³/mol. The van der Waals surface area contributed by atoms with E-state index in [-0.39, 0.29) is 11.7 Å². The lowest BCUT2D eigenvalue weighted by Crippen LogP contribution is -2.19. The van der Waals surface area contributed by atoms with Crippen LogP contribution in [0.2, 0.25) is 0 Å². The van der Waals surface area contributed by atoms with E-state index in [9.17, 15) is 4.79 Å². The summed E-state index contributed by atoms with van der Waals surface area (Å²) in [6.07, 6.45) is 4.85. The smallest absolute Gasteiger partial charge is 0.250 e. The van der Waals surface area contributed by atoms with Gasteiger partial charge in [0.15, 0.2) is 4.34 Å². The number of hydrogen-bond donors (Lipinski definition) is 1. The van der Waals surface area contributed by atoms with Crippen LogP contribution >= 0.6 is 23.1 Å². The van der Waals surface area contributed by atoms with Crippen molar-refractivity contribution in [2.24, 2.45) is 5.10 Å². The summed E-state index contributed by atoms with van der Waals surface area (Å²) in [6.45, 7) is 7.58. The van der Waals surface area contributed by atoms with E-state index in [4.69, 9.17) is 4.74 Å². The fraction of sp³-hybridized carbons (Fsp3) is 0.308. The molecule has 2 heterocycles. The van der Waals surface area contributed by atoms with Crippen LogP contribution in [0.25, 0.3) is 10.9 Å². The van der Waals surface area contributed by atoms with Crippen LogP contribution in [-0.4, -0.2) is 39.2 Å². The second kappa shape index (κ2) is 12.0. The topological polar surface area (TPSA) is 81.4 Å². The molecule has 182 valence electrons. The van der Waals surface area contributed by atoms with Gasteiger partial charge in [0.05, 0.1) is 18.5 Å². The van der Waals surface area contributed by atoms with Crippen LogP contribution in [0.15, 0.2) is 64.2 Å². The molecule has 1 atom stereocenters. The van der Waals surface area contributed by atoms with Crippen LogP contribution in [-0.2, 0) is 11.3 Å². The number of ether oxygens (including phenoxy) is 1. The molecule has 0 fully saturated rings. The van der Waals surface area contributed by atoms with E-state index in [1.807, 2.05) is 37.4 Å². The van der Waals surface area contributed by atoms with Gasteiger partial charge in [-0.1, -0.05) is 67.3 Å². The maximum absolute atomic E-state index is 12.1. The van der Waals surface area contributed by atoms with Gasteiger partial charge >= 0.3 is 0 Å². The zero-order valence-electron chi connectivity index (χ0n) is 20.1. The summed E-state index contributed by atoms with van der Waals surface area (Å²) < 4.78 is 8.92. The summed E-state index contributed by atoms with van der Waals surface area (Å²) in [6, 6.07) is 16.5. The molecule has 4 rings (SSSR count). The molecular weight excluding hydrogens is 478 g/mol. The van der Waals surface area contributed by atoms with Gasteiger partial charge in [0.25, 0.3) is 5.91 Å². The predicted octanol–water partition coefficient (Wildman–Crippen LogP) is 5.64. The first kappa shape index (κ1) is 24.9. The number of hydrazone groups is 1. The average Bonchev–Trinajstić information content (AvgIpc) is 3.46. The average molecular weight is 508 g/mol. The third-order valence-electron chi connectivity index (χ3n) is 5.71. The van der Waals surface area contributed by atoms with Gasteiger partial charge < -0.3 is 9.30 Å². The summed E-state index contributed by atoms with van der Waals surface area (Å²) in [5, 5.41) is 14.1. The minimum atomic E-state index is -0.185. The van der Waals surface area contributed by atoms with E-state index in [2.05, 4.69) is 63.4 Å². The lowest BCUT2D eigenvalue weighted by molar-refractivity contribution is -0.118. The van der Waals surface area contributed by atoms with Crippen molar-refractivity contribution in [2.75, 3.05) is 12.4 Å². The highest BCUT2D eigenvalue weighted by atomic mass is 32.2. The Morgan fingerprint density at radius 3 is 2.77 bits per heavy atom. The van der Waals surface area contributed by atoms with Crippen molar-refractivity contribution in [3.8, 4) is 5.75 Å². The molecule has 0 aliphatic heterocycles. The number of nitrogens with one attached hydrogen (secondary N) is 1. The molecule has 0 radical (unpaired) electrons. The number of carbonyl (C=O) groups is 1. The van der Waals surface area contributed by atoms with Crippen LogP contribution in [0.5, 0.6) is 5.75 Å². The van der Waals surface area contributed by atoms with Gasteiger partial charge in [-0.15, -0.1) is 10.2 Å². The van der Waals surface area contributed by atoms with Crippen LogP contribution in [0.4, 0.5) is 0 Å². The van der Waals surface area contributed by atoms with Gasteiger partial charge in [-0.25, -0.2) is 5.43 Å². The van der Waals surface area contributed by atoms with Crippen LogP contribution in [0.3, 0.4) is 0 Å². The van der Waals surface area contributed by atoms with Gasteiger partial charge in [0.2, 0.25) is 0 Å². The Labute approximate surface area is 213 Å². The monoisotopic (exact) mass is 507 g/mol. The minimum absolute atomic E-state index is 0.185. The number of benzene rings is 2. The second-order valence-corrected chi connectivity index (χ2v) is 10.6. The number of thioether (sulfide) groups is 1. The number of aryl methyl sites for hydroxylation is 1. The fourth-order valence-electron chi connectivity index (χ4n) is 3.62. The van der Waals surface area contributed by atoms with Gasteiger partial charge in [0.1, 0.15) is 17.4 Å². The van der Waals surface area contributed by atoms with Crippen LogP contribution in [0.1, 0.15) is 42.3 Å². The lowest BCUT2D eigenvalue weighted by Gasteiger charge is -2.11. The Hall–Kier alpha value is -3.17. The molecule has 1 amide bonds. The van der Waals surface area contributed by atoms with E-state index in [1.54, 1.807) is 6.21 Å². The first-order valence-electron chi connectivity index (χ1n) is 11.6. The normalized spacial score (nSPS) is 12.3. The summed E-state index contributed by atoms with van der Waals surface area (Å²) in [7, 11) is 0. The van der Waals surface area contributed by atoms with Gasteiger partial charge in [0, 0.05) is 22.7 Å². The Kier molecular flexibility index (Phi) is 8.54. The molecule has 1 N–H and O–H groups in total. The Balaban J connectivity index is 1.34. The van der Waals surface area contributed by atoms with E-state index in [0.29, 0.717) is 19.1 Å². The van der Waals surface area contributed by atoms with Gasteiger partial charge in [-0.05, 0) is 43.0 Å². The van der Waals surface area contributed by atoms with Crippen molar-refractivity contribution in [2.45, 2.75) is 44.0 Å². The maximum Gasteiger partial charge on any atom is 0.250 e. The number of amides is 1. The molecule has 4 aromatic rings. The largest absolute Gasteiger partial charge is 0.492 e. The van der Waals surface area contributed by atoms with Gasteiger partial charge in [-0.2, -0.15) is 5.10 Å². The summed E-state index contributed by atoms with van der Waals surface area (Å²) in [5.74, 6) is 1.48. The van der Waals surface area contributed by atoms with E-state index < -0.39 is 0 Å². The molecule has 0 spiro atoms. The zero-order valence-corrected chi connectivity index (χ0v) is 21.7. The number of carbonyl (C=O) groups excluding carboxylic acids is 1. The molecule has 35 heavy (non-hydrogen) atoms. The Morgan fingerprint density at radius 1 is 1.23 bits per heavy atom. The summed E-state index contributed by atoms with van der Waals surface area (Å²) in [4.78, 5) is 12.1. The number of nitrogens with zero attached hydrogens (tertiary/aromatic N) is 4. The molecule has 0 unspecified atom stereocenters. The third-order valence-corrected chi connectivity index (χ3v) is 7.68. The molecule has 7 nitrogen and oxygen atoms in total. The summed E-state index contributed by atoms with van der Waals surface area (Å²) >= 11 is 2.82. The molecule has 0 aliphatic rings. The van der Waals surface area contributed by atoms with Crippen molar-refractivity contribution < 1.29 is 9.53 Å². The number of aromatic nitrogens is 3. The number of hydrogen-bond acceptors (Lipinski definition) is 7. The second-order valence-electron chi connectivity index (χ2n) is 8.19. The number of rotatable bonds is 11. The summed E-state index contributed by atoms with van der Waals surface area (Å²) in [5.41, 5.74) is 5.96. The molecule has 2 aromatic heterocycles. The van der Waals surface area contributed by atoms with Crippen molar-refractivity contribution in [1.29, 1.82) is 0 Å². The fourth-order valence-corrected chi connectivity index (χ4v) is 5.23. The zero-order chi connectivity index (χ0) is 24.6. The van der Waals surface area contributed by atoms with Crippen molar-refractivity contribution in [1.82, 2.24) is 20.2 Å². The molecule has 0 aliphatic carbocycles. The molecule has 0 saturated carbocycles. The maximum atomic E-state index is 12.1. The lowest BCUT2D eigenvalue weighted by atomic mass is 9.99. The molecule has 2 aromatic carbocycles. The number of para-hydroxylation sites is 1. The van der Waals surface area contributed by atoms with Crippen molar-refractivity contribution >= 4 is 46.1 Å². The Morgan fingerprint density at radius 2 is 2.03 bits per heavy atom. The highest BCUT2D eigenvalue weighted by molar-refractivity contribution is 8.01.